The Labute approximate surface area is 241 Å². The van der Waals surface area contributed by atoms with Crippen molar-refractivity contribution in [2.45, 2.75) is 49.4 Å². The Morgan fingerprint density at radius 2 is 1.60 bits per heavy atom. The molecule has 0 amide bonds. The molecule has 0 aromatic carbocycles. The van der Waals surface area contributed by atoms with Crippen LogP contribution in [0.5, 0.6) is 0 Å². The van der Waals surface area contributed by atoms with Gasteiger partial charge in [-0.2, -0.15) is 0 Å². The molecule has 6 N–H and O–H groups in total. The van der Waals surface area contributed by atoms with Gasteiger partial charge in [0.05, 0.1) is 19.3 Å². The fourth-order valence-corrected chi connectivity index (χ4v) is 7.33. The lowest BCUT2D eigenvalue weighted by Crippen LogP contribution is -2.36. The quantitative estimate of drug-likeness (QED) is 0.211. The van der Waals surface area contributed by atoms with Crippen LogP contribution >= 0.6 is 15.0 Å². The minimum absolute atomic E-state index is 0.138. The molecule has 22 heteroatoms. The molecule has 4 aromatic heterocycles. The number of fused-ring (bicyclic) bond motifs is 4. The van der Waals surface area contributed by atoms with Crippen molar-refractivity contribution in [1.29, 1.82) is 0 Å². The van der Waals surface area contributed by atoms with Crippen LogP contribution in [0.15, 0.2) is 25.3 Å². The number of aromatic nitrogens is 8. The van der Waals surface area contributed by atoms with E-state index >= 15 is 0 Å². The van der Waals surface area contributed by atoms with Gasteiger partial charge in [-0.3, -0.25) is 13.7 Å². The van der Waals surface area contributed by atoms with E-state index in [1.807, 2.05) is 0 Å². The highest BCUT2D eigenvalue weighted by Crippen LogP contribution is 2.51. The van der Waals surface area contributed by atoms with E-state index in [0.717, 1.165) is 0 Å². The third-order valence-electron chi connectivity index (χ3n) is 7.07. The van der Waals surface area contributed by atoms with Gasteiger partial charge in [-0.1, -0.05) is 0 Å². The molecule has 7 heterocycles. The van der Waals surface area contributed by atoms with Gasteiger partial charge in [0, 0.05) is 11.0 Å². The summed E-state index contributed by atoms with van der Waals surface area (Å²) in [4.78, 5) is 35.6. The van der Waals surface area contributed by atoms with Crippen molar-refractivity contribution in [2.75, 3.05) is 24.7 Å². The first-order valence-corrected chi connectivity index (χ1v) is 16.1. The van der Waals surface area contributed by atoms with Gasteiger partial charge in [0.15, 0.2) is 29.2 Å². The Bertz CT molecular complexity index is 1730. The zero-order chi connectivity index (χ0) is 29.2. The van der Waals surface area contributed by atoms with E-state index in [1.54, 1.807) is 4.57 Å². The Kier molecular flexibility index (Phi) is 7.11. The molecule has 7 rings (SSSR count). The highest BCUT2D eigenvalue weighted by molar-refractivity contribution is 8.07. The van der Waals surface area contributed by atoms with Crippen molar-refractivity contribution in [3.8, 4) is 0 Å². The summed E-state index contributed by atoms with van der Waals surface area (Å²) in [6.07, 6.45) is -1.52. The second-order valence-corrected chi connectivity index (χ2v) is 13.3. The van der Waals surface area contributed by atoms with E-state index in [4.69, 9.17) is 50.8 Å². The molecule has 0 radical (unpaired) electrons. The van der Waals surface area contributed by atoms with E-state index in [9.17, 15) is 14.6 Å². The van der Waals surface area contributed by atoms with Crippen molar-refractivity contribution < 1.29 is 42.1 Å². The molecule has 42 heavy (non-hydrogen) atoms. The van der Waals surface area contributed by atoms with Crippen LogP contribution in [0.25, 0.3) is 22.3 Å². The van der Waals surface area contributed by atoms with Crippen LogP contribution in [0.2, 0.25) is 0 Å². The second-order valence-electron chi connectivity index (χ2n) is 9.58. The van der Waals surface area contributed by atoms with E-state index in [1.165, 1.54) is 29.9 Å². The Morgan fingerprint density at radius 3 is 2.31 bits per heavy atom. The van der Waals surface area contributed by atoms with Gasteiger partial charge in [-0.05, 0) is 11.8 Å². The van der Waals surface area contributed by atoms with Gasteiger partial charge in [-0.15, -0.1) is 9.05 Å². The monoisotopic (exact) mass is 641 g/mol. The number of nitrogens with zero attached hydrogens (tertiary/aromatic N) is 8. The Morgan fingerprint density at radius 1 is 0.929 bits per heavy atom. The van der Waals surface area contributed by atoms with Crippen LogP contribution in [0.4, 0.5) is 11.6 Å². The Balaban J connectivity index is 1.12. The van der Waals surface area contributed by atoms with Crippen LogP contribution in [-0.2, 0) is 43.9 Å². The van der Waals surface area contributed by atoms with Crippen molar-refractivity contribution in [3.05, 3.63) is 25.3 Å². The van der Waals surface area contributed by atoms with Crippen LogP contribution in [-0.4, -0.2) is 92.8 Å². The Hall–Kier alpha value is -2.87. The normalized spacial score (nSPS) is 35.1. The summed E-state index contributed by atoms with van der Waals surface area (Å²) in [5.74, 6) is 0.340. The van der Waals surface area contributed by atoms with E-state index in [0.29, 0.717) is 22.3 Å². The number of nitrogens with two attached hydrogens (primary N) is 2. The highest BCUT2D eigenvalue weighted by atomic mass is 32.5. The molecule has 0 spiro atoms. The third kappa shape index (κ3) is 4.93. The number of anilines is 2. The summed E-state index contributed by atoms with van der Waals surface area (Å²) in [7, 11) is -2.70. The van der Waals surface area contributed by atoms with E-state index in [-0.39, 0.29) is 31.3 Å². The largest absolute Gasteiger partial charge is 0.697 e. The first-order chi connectivity index (χ1) is 20.2. The maximum Gasteiger partial charge on any atom is 0.697 e. The second kappa shape index (κ2) is 10.7. The lowest BCUT2D eigenvalue weighted by atomic mass is 10.1. The van der Waals surface area contributed by atoms with Crippen molar-refractivity contribution in [3.63, 3.8) is 0 Å². The minimum atomic E-state index is -3.99. The molecule has 222 valence electrons. The average Bonchev–Trinajstić information content (AvgIpc) is 3.72. The first-order valence-electron chi connectivity index (χ1n) is 12.5. The topological polar surface area (TPSA) is 252 Å². The van der Waals surface area contributed by atoms with Gasteiger partial charge in [0.25, 0.3) is 0 Å². The van der Waals surface area contributed by atoms with Crippen LogP contribution in [0.1, 0.15) is 18.9 Å². The number of aliphatic hydroxyl groups is 1. The molecule has 4 aromatic rings. The number of aliphatic hydroxyl groups excluding tert-OH is 1. The van der Waals surface area contributed by atoms with Crippen LogP contribution < -0.4 is 11.5 Å². The number of imidazole rings is 2. The highest BCUT2D eigenvalue weighted by Gasteiger charge is 2.51. The number of ether oxygens (including phenoxy) is 2. The van der Waals surface area contributed by atoms with E-state index in [2.05, 4.69) is 29.9 Å². The summed E-state index contributed by atoms with van der Waals surface area (Å²) in [6.45, 7) is -4.63. The average molecular weight is 641 g/mol. The lowest BCUT2D eigenvalue weighted by molar-refractivity contribution is -0.0562. The summed E-state index contributed by atoms with van der Waals surface area (Å²) in [6, 6.07) is 0. The van der Waals surface area contributed by atoms with Gasteiger partial charge >= 0.3 is 15.0 Å². The molecule has 9 atom stereocenters. The fourth-order valence-electron chi connectivity index (χ4n) is 5.11. The molecule has 3 saturated heterocycles. The number of nitrogen functional groups attached to an aromatic ring is 2. The summed E-state index contributed by atoms with van der Waals surface area (Å²) >= 11 is 5.26. The van der Waals surface area contributed by atoms with Crippen molar-refractivity contribution >= 4 is 60.7 Å². The smallest absolute Gasteiger partial charge is 0.386 e. The molecule has 0 saturated carbocycles. The number of hydrogen-bond acceptors (Lipinski definition) is 17. The molecule has 0 bridgehead atoms. The van der Waals surface area contributed by atoms with Gasteiger partial charge < -0.3 is 35.5 Å². The summed E-state index contributed by atoms with van der Waals surface area (Å²) < 4.78 is 50.6. The van der Waals surface area contributed by atoms with Gasteiger partial charge in [0.1, 0.15) is 67.0 Å². The maximum atomic E-state index is 12.9. The standard InChI is InChI=1S/C20H22N10O9P2S/c21-16-12-18(25-4-23-16)29(6-27-12)11-1-8-9(36-11)3-35-41(33,42)39-15-10(2-34-40(32)38-8)37-20(14(15)31)30-7-28-13-17(22)24-5-26-19(13)30/h4-11,14-15,20,31H,1-3H2,(H4-,21,22,23,24,25,26,33,42)/p+1/t8-,9+,10+,11+,14+,15+,20+,41?/m0/s1. The molecule has 19 nitrogen and oxygen atoms in total. The first kappa shape index (κ1) is 27.9. The van der Waals surface area contributed by atoms with Gasteiger partial charge in [-0.25, -0.2) is 29.9 Å². The predicted octanol–water partition coefficient (Wildman–Crippen LogP) is 0.0678. The molecule has 2 unspecified atom stereocenters. The molecule has 3 fully saturated rings. The predicted molar refractivity (Wildman–Crippen MR) is 144 cm³/mol. The zero-order valence-electron chi connectivity index (χ0n) is 21.3. The van der Waals surface area contributed by atoms with Crippen LogP contribution in [0, 0.1) is 0 Å². The third-order valence-corrected chi connectivity index (χ3v) is 9.43. The maximum absolute atomic E-state index is 12.9. The zero-order valence-corrected chi connectivity index (χ0v) is 23.9. The fraction of sp³-hybridized carbons (Fsp3) is 0.500. The van der Waals surface area contributed by atoms with Crippen LogP contribution in [0.3, 0.4) is 0 Å². The summed E-state index contributed by atoms with van der Waals surface area (Å²) in [5.41, 5.74) is 13.2. The molecule has 0 aliphatic carbocycles. The van der Waals surface area contributed by atoms with Crippen molar-refractivity contribution in [1.82, 2.24) is 39.0 Å². The lowest BCUT2D eigenvalue weighted by Gasteiger charge is -2.26. The number of hydrogen-bond donors (Lipinski definition) is 4. The van der Waals surface area contributed by atoms with Crippen molar-refractivity contribution in [2.24, 2.45) is 0 Å². The SMILES string of the molecule is Nc1ncnc2c1ncn2[C@@H]1O[C@@H]2CO[P+](=O)O[C@H]3C[C@H](n4cnc5c(N)ncnc54)O[C@@H]3COP(O)(=S)O[C@H]2[C@H]1O. The minimum Gasteiger partial charge on any atom is -0.386 e. The molecule has 3 aliphatic rings. The van der Waals surface area contributed by atoms with Gasteiger partial charge in [0.2, 0.25) is 0 Å². The number of rotatable bonds is 2. The van der Waals surface area contributed by atoms with E-state index < -0.39 is 57.9 Å². The molecular weight excluding hydrogens is 618 g/mol. The summed E-state index contributed by atoms with van der Waals surface area (Å²) in [5, 5.41) is 11.2. The molecular formula is C20H23N10O9P2S+. The molecule has 3 aliphatic heterocycles.